The Balaban J connectivity index is 1.35. The van der Waals surface area contributed by atoms with Crippen LogP contribution in [-0.2, 0) is 39.0 Å². The van der Waals surface area contributed by atoms with Gasteiger partial charge in [0.25, 0.3) is 0 Å². The predicted molar refractivity (Wildman–Crippen MR) is 127 cm³/mol. The Bertz CT molecular complexity index is 1140. The molecule has 4 rings (SSSR count). The van der Waals surface area contributed by atoms with Gasteiger partial charge < -0.3 is 10.2 Å². The molecule has 0 spiro atoms. The van der Waals surface area contributed by atoms with Gasteiger partial charge in [-0.15, -0.1) is 0 Å². The lowest BCUT2D eigenvalue weighted by atomic mass is 10.1. The summed E-state index contributed by atoms with van der Waals surface area (Å²) in [7, 11) is -3.50. The Labute approximate surface area is 195 Å². The van der Waals surface area contributed by atoms with Crippen LogP contribution >= 0.6 is 0 Å². The molecule has 33 heavy (non-hydrogen) atoms. The van der Waals surface area contributed by atoms with Crippen molar-refractivity contribution in [3.8, 4) is 0 Å². The Morgan fingerprint density at radius 1 is 1.06 bits per heavy atom. The lowest BCUT2D eigenvalue weighted by Crippen LogP contribution is -2.32. The van der Waals surface area contributed by atoms with Gasteiger partial charge in [-0.3, -0.25) is 9.59 Å². The number of aryl methyl sites for hydroxylation is 2. The van der Waals surface area contributed by atoms with Crippen molar-refractivity contribution in [2.75, 3.05) is 24.5 Å². The Kier molecular flexibility index (Phi) is 6.86. The Hall–Kier alpha value is -2.71. The summed E-state index contributed by atoms with van der Waals surface area (Å²) in [6, 6.07) is 12.8. The van der Waals surface area contributed by atoms with Crippen LogP contribution in [0.25, 0.3) is 0 Å². The number of hydrogen-bond donors (Lipinski definition) is 1. The first kappa shape index (κ1) is 23.4. The molecule has 0 saturated carbocycles. The van der Waals surface area contributed by atoms with E-state index >= 15 is 0 Å². The van der Waals surface area contributed by atoms with Gasteiger partial charge in [0.1, 0.15) is 0 Å². The summed E-state index contributed by atoms with van der Waals surface area (Å²) in [5.74, 6) is -0.584. The first-order chi connectivity index (χ1) is 15.8. The fourth-order valence-electron chi connectivity index (χ4n) is 4.68. The van der Waals surface area contributed by atoms with E-state index in [0.29, 0.717) is 19.6 Å². The van der Waals surface area contributed by atoms with Gasteiger partial charge in [-0.1, -0.05) is 32.0 Å². The van der Waals surface area contributed by atoms with Crippen LogP contribution in [-0.4, -0.2) is 44.2 Å². The molecule has 0 radical (unpaired) electrons. The van der Waals surface area contributed by atoms with Crippen molar-refractivity contribution in [3.05, 3.63) is 59.2 Å². The molecule has 1 N–H and O–H groups in total. The smallest absolute Gasteiger partial charge is 0.243 e. The minimum absolute atomic E-state index is 0.0286. The number of benzene rings is 2. The molecule has 2 aliphatic rings. The molecule has 8 heteroatoms. The van der Waals surface area contributed by atoms with Crippen molar-refractivity contribution in [3.63, 3.8) is 0 Å². The van der Waals surface area contributed by atoms with Crippen LogP contribution in [0.1, 0.15) is 43.4 Å². The molecule has 7 nitrogen and oxygen atoms in total. The van der Waals surface area contributed by atoms with E-state index in [9.17, 15) is 18.0 Å². The number of nitrogens with one attached hydrogen (secondary N) is 1. The van der Waals surface area contributed by atoms with Gasteiger partial charge in [-0.25, -0.2) is 8.42 Å². The molecular formula is C25H31N3O4S. The van der Waals surface area contributed by atoms with Crippen molar-refractivity contribution < 1.29 is 18.0 Å². The van der Waals surface area contributed by atoms with E-state index in [1.165, 1.54) is 15.4 Å². The number of nitrogens with zero attached hydrogens (tertiary/aromatic N) is 2. The van der Waals surface area contributed by atoms with Crippen LogP contribution in [0.3, 0.4) is 0 Å². The van der Waals surface area contributed by atoms with E-state index in [1.807, 2.05) is 19.9 Å². The summed E-state index contributed by atoms with van der Waals surface area (Å²) in [5.41, 5.74) is 4.35. The van der Waals surface area contributed by atoms with Crippen molar-refractivity contribution in [1.29, 1.82) is 0 Å². The highest BCUT2D eigenvalue weighted by Crippen LogP contribution is 2.30. The second-order valence-corrected chi connectivity index (χ2v) is 10.6. The zero-order valence-electron chi connectivity index (χ0n) is 19.2. The van der Waals surface area contributed by atoms with Gasteiger partial charge in [-0.05, 0) is 60.2 Å². The highest BCUT2D eigenvalue weighted by atomic mass is 32.2. The van der Waals surface area contributed by atoms with Crippen LogP contribution in [0.5, 0.6) is 0 Å². The van der Waals surface area contributed by atoms with Gasteiger partial charge in [0.05, 0.1) is 10.8 Å². The molecule has 1 aliphatic carbocycles. The molecule has 1 atom stereocenters. The minimum Gasteiger partial charge on any atom is -0.352 e. The standard InChI is InChI=1S/C25H31N3O4S/c1-3-27(4-2)33(31,32)23-12-8-18(9-13-23)16-26-25(30)21-15-24(29)28(17-21)22-11-10-19-6-5-7-20(19)14-22/h8-14,21H,3-7,15-17H2,1-2H3,(H,26,30). The maximum atomic E-state index is 12.7. The molecule has 0 aromatic heterocycles. The molecular weight excluding hydrogens is 438 g/mol. The number of carbonyl (C=O) groups is 2. The molecule has 1 heterocycles. The van der Waals surface area contributed by atoms with Crippen molar-refractivity contribution >= 4 is 27.5 Å². The van der Waals surface area contributed by atoms with Crippen LogP contribution in [0.4, 0.5) is 5.69 Å². The summed E-state index contributed by atoms with van der Waals surface area (Å²) in [6.07, 6.45) is 3.49. The predicted octanol–water partition coefficient (Wildman–Crippen LogP) is 2.88. The first-order valence-electron chi connectivity index (χ1n) is 11.6. The highest BCUT2D eigenvalue weighted by Gasteiger charge is 2.35. The van der Waals surface area contributed by atoms with Gasteiger partial charge in [0, 0.05) is 38.3 Å². The van der Waals surface area contributed by atoms with E-state index in [2.05, 4.69) is 17.4 Å². The molecule has 1 saturated heterocycles. The number of hydrogen-bond acceptors (Lipinski definition) is 4. The van der Waals surface area contributed by atoms with Gasteiger partial charge in [0.2, 0.25) is 21.8 Å². The van der Waals surface area contributed by atoms with Crippen molar-refractivity contribution in [2.24, 2.45) is 5.92 Å². The molecule has 2 aromatic rings. The summed E-state index contributed by atoms with van der Waals surface area (Å²) < 4.78 is 26.6. The van der Waals surface area contributed by atoms with Crippen molar-refractivity contribution in [1.82, 2.24) is 9.62 Å². The SMILES string of the molecule is CCN(CC)S(=O)(=O)c1ccc(CNC(=O)C2CC(=O)N(c3ccc4c(c3)CCC4)C2)cc1. The lowest BCUT2D eigenvalue weighted by Gasteiger charge is -2.19. The number of rotatable bonds is 8. The fraction of sp³-hybridized carbons (Fsp3) is 0.440. The number of anilines is 1. The Morgan fingerprint density at radius 3 is 2.45 bits per heavy atom. The fourth-order valence-corrected chi connectivity index (χ4v) is 6.14. The highest BCUT2D eigenvalue weighted by molar-refractivity contribution is 7.89. The minimum atomic E-state index is -3.50. The number of fused-ring (bicyclic) bond motifs is 1. The molecule has 1 fully saturated rings. The summed E-state index contributed by atoms with van der Waals surface area (Å²) >= 11 is 0. The normalized spacial score (nSPS) is 18.1. The van der Waals surface area contributed by atoms with Crippen LogP contribution < -0.4 is 10.2 Å². The van der Waals surface area contributed by atoms with Crippen LogP contribution in [0, 0.1) is 5.92 Å². The van der Waals surface area contributed by atoms with E-state index in [1.54, 1.807) is 29.2 Å². The van der Waals surface area contributed by atoms with Crippen LogP contribution in [0.2, 0.25) is 0 Å². The number of amides is 2. The second-order valence-electron chi connectivity index (χ2n) is 8.66. The zero-order chi connectivity index (χ0) is 23.6. The van der Waals surface area contributed by atoms with Gasteiger partial charge >= 0.3 is 0 Å². The topological polar surface area (TPSA) is 86.8 Å². The monoisotopic (exact) mass is 469 g/mol. The summed E-state index contributed by atoms with van der Waals surface area (Å²) in [4.78, 5) is 27.3. The largest absolute Gasteiger partial charge is 0.352 e. The second kappa shape index (κ2) is 9.65. The Morgan fingerprint density at radius 2 is 1.76 bits per heavy atom. The number of sulfonamides is 1. The van der Waals surface area contributed by atoms with Gasteiger partial charge in [-0.2, -0.15) is 4.31 Å². The molecule has 0 bridgehead atoms. The summed E-state index contributed by atoms with van der Waals surface area (Å²) in [5, 5.41) is 2.90. The average Bonchev–Trinajstić information content (AvgIpc) is 3.44. The quantitative estimate of drug-likeness (QED) is 0.644. The first-order valence-corrected chi connectivity index (χ1v) is 13.1. The van der Waals surface area contributed by atoms with Gasteiger partial charge in [0.15, 0.2) is 0 Å². The third-order valence-electron chi connectivity index (χ3n) is 6.62. The summed E-state index contributed by atoms with van der Waals surface area (Å²) in [6.45, 7) is 5.12. The van der Waals surface area contributed by atoms with E-state index in [-0.39, 0.29) is 29.7 Å². The van der Waals surface area contributed by atoms with E-state index in [0.717, 1.165) is 30.5 Å². The molecule has 1 aliphatic heterocycles. The molecule has 176 valence electrons. The maximum Gasteiger partial charge on any atom is 0.243 e. The molecule has 2 amide bonds. The third kappa shape index (κ3) is 4.82. The molecule has 1 unspecified atom stereocenters. The van der Waals surface area contributed by atoms with E-state index < -0.39 is 15.9 Å². The average molecular weight is 470 g/mol. The van der Waals surface area contributed by atoms with Crippen LogP contribution in [0.15, 0.2) is 47.4 Å². The lowest BCUT2D eigenvalue weighted by molar-refractivity contribution is -0.126. The van der Waals surface area contributed by atoms with E-state index in [4.69, 9.17) is 0 Å². The molecule has 2 aromatic carbocycles. The third-order valence-corrected chi connectivity index (χ3v) is 8.69. The zero-order valence-corrected chi connectivity index (χ0v) is 20.0. The number of carbonyl (C=O) groups excluding carboxylic acids is 2. The maximum absolute atomic E-state index is 12.7. The van der Waals surface area contributed by atoms with Crippen molar-refractivity contribution in [2.45, 2.75) is 51.0 Å².